The van der Waals surface area contributed by atoms with Crippen molar-refractivity contribution in [2.24, 2.45) is 0 Å². The van der Waals surface area contributed by atoms with E-state index in [4.69, 9.17) is 0 Å². The molecular weight excluding hydrogens is 314 g/mol. The van der Waals surface area contributed by atoms with Crippen LogP contribution in [0.15, 0.2) is 48.5 Å². The fourth-order valence-corrected chi connectivity index (χ4v) is 3.55. The lowest BCUT2D eigenvalue weighted by Gasteiger charge is -2.31. The monoisotopic (exact) mass is 339 g/mol. The number of nitro benzene ring substituents is 1. The van der Waals surface area contributed by atoms with Crippen LogP contribution >= 0.6 is 0 Å². The number of anilines is 1. The molecule has 0 aromatic heterocycles. The van der Waals surface area contributed by atoms with Gasteiger partial charge in [0, 0.05) is 43.5 Å². The van der Waals surface area contributed by atoms with E-state index in [1.165, 1.54) is 30.5 Å². The molecule has 0 N–H and O–H groups in total. The van der Waals surface area contributed by atoms with Gasteiger partial charge in [0.15, 0.2) is 0 Å². The average molecular weight is 339 g/mol. The molecular formula is C20H25N3O2. The molecule has 1 aliphatic heterocycles. The van der Waals surface area contributed by atoms with Crippen molar-refractivity contribution in [3.05, 3.63) is 69.8 Å². The number of piperidine rings is 1. The van der Waals surface area contributed by atoms with Gasteiger partial charge in [-0.05, 0) is 37.9 Å². The Hall–Kier alpha value is -2.40. The summed E-state index contributed by atoms with van der Waals surface area (Å²) < 4.78 is 0. The summed E-state index contributed by atoms with van der Waals surface area (Å²) in [7, 11) is 2.02. The summed E-state index contributed by atoms with van der Waals surface area (Å²) in [6.07, 6.45) is 3.82. The van der Waals surface area contributed by atoms with Crippen molar-refractivity contribution in [1.29, 1.82) is 0 Å². The Morgan fingerprint density at radius 1 is 0.960 bits per heavy atom. The number of nitro groups is 1. The summed E-state index contributed by atoms with van der Waals surface area (Å²) in [4.78, 5) is 15.5. The standard InChI is InChI=1S/C20H25N3O2/c1-21(16-18-10-4-6-12-20(18)23(24)25)15-17-9-3-5-11-19(17)22-13-7-2-8-14-22/h3-6,9-12H,2,7-8,13-16H2,1H3. The van der Waals surface area contributed by atoms with E-state index < -0.39 is 0 Å². The number of rotatable bonds is 6. The second-order valence-corrected chi connectivity index (χ2v) is 6.73. The van der Waals surface area contributed by atoms with Crippen LogP contribution in [-0.4, -0.2) is 30.0 Å². The van der Waals surface area contributed by atoms with Gasteiger partial charge in [-0.1, -0.05) is 36.4 Å². The Morgan fingerprint density at radius 3 is 2.28 bits per heavy atom. The second-order valence-electron chi connectivity index (χ2n) is 6.73. The number of hydrogen-bond acceptors (Lipinski definition) is 4. The molecule has 132 valence electrons. The van der Waals surface area contributed by atoms with E-state index in [2.05, 4.69) is 34.1 Å². The highest BCUT2D eigenvalue weighted by Gasteiger charge is 2.17. The molecule has 25 heavy (non-hydrogen) atoms. The maximum Gasteiger partial charge on any atom is 0.273 e. The predicted octanol–water partition coefficient (Wildman–Crippen LogP) is 4.22. The van der Waals surface area contributed by atoms with Gasteiger partial charge in [0.2, 0.25) is 0 Å². The summed E-state index contributed by atoms with van der Waals surface area (Å²) in [5, 5.41) is 11.2. The zero-order valence-corrected chi connectivity index (χ0v) is 14.7. The van der Waals surface area contributed by atoms with Crippen LogP contribution in [0, 0.1) is 10.1 Å². The smallest absolute Gasteiger partial charge is 0.273 e. The Bertz CT molecular complexity index is 726. The molecule has 0 amide bonds. The second kappa shape index (κ2) is 8.12. The van der Waals surface area contributed by atoms with Crippen LogP contribution < -0.4 is 4.90 Å². The Labute approximate surface area is 149 Å². The van der Waals surface area contributed by atoms with E-state index in [1.54, 1.807) is 12.1 Å². The van der Waals surface area contributed by atoms with E-state index in [1.807, 2.05) is 19.2 Å². The van der Waals surface area contributed by atoms with Gasteiger partial charge in [-0.2, -0.15) is 0 Å². The normalized spacial score (nSPS) is 14.7. The first-order chi connectivity index (χ1) is 12.1. The Morgan fingerprint density at radius 2 is 1.56 bits per heavy atom. The van der Waals surface area contributed by atoms with Gasteiger partial charge in [0.1, 0.15) is 0 Å². The summed E-state index contributed by atoms with van der Waals surface area (Å²) in [5.41, 5.74) is 3.53. The highest BCUT2D eigenvalue weighted by Crippen LogP contribution is 2.26. The number of nitrogens with zero attached hydrogens (tertiary/aromatic N) is 3. The zero-order chi connectivity index (χ0) is 17.6. The highest BCUT2D eigenvalue weighted by molar-refractivity contribution is 5.54. The quantitative estimate of drug-likeness (QED) is 0.584. The minimum absolute atomic E-state index is 0.193. The van der Waals surface area contributed by atoms with Crippen molar-refractivity contribution in [1.82, 2.24) is 4.90 Å². The number of benzene rings is 2. The first-order valence-electron chi connectivity index (χ1n) is 8.89. The molecule has 5 heteroatoms. The largest absolute Gasteiger partial charge is 0.371 e. The molecule has 2 aromatic rings. The van der Waals surface area contributed by atoms with E-state index in [0.717, 1.165) is 25.2 Å². The van der Waals surface area contributed by atoms with Gasteiger partial charge >= 0.3 is 0 Å². The summed E-state index contributed by atoms with van der Waals surface area (Å²) in [5.74, 6) is 0. The molecule has 0 saturated carbocycles. The zero-order valence-electron chi connectivity index (χ0n) is 14.7. The lowest BCUT2D eigenvalue weighted by molar-refractivity contribution is -0.385. The Kier molecular flexibility index (Phi) is 5.66. The van der Waals surface area contributed by atoms with Crippen LogP contribution in [0.3, 0.4) is 0 Å². The average Bonchev–Trinajstić information content (AvgIpc) is 2.63. The maximum absolute atomic E-state index is 11.2. The highest BCUT2D eigenvalue weighted by atomic mass is 16.6. The molecule has 0 spiro atoms. The Balaban J connectivity index is 1.73. The third-order valence-corrected chi connectivity index (χ3v) is 4.76. The molecule has 0 atom stereocenters. The van der Waals surface area contributed by atoms with Gasteiger partial charge in [-0.15, -0.1) is 0 Å². The maximum atomic E-state index is 11.2. The van der Waals surface area contributed by atoms with Gasteiger partial charge < -0.3 is 4.90 Å². The molecule has 0 bridgehead atoms. The van der Waals surface area contributed by atoms with Crippen LogP contribution in [-0.2, 0) is 13.1 Å². The minimum atomic E-state index is -0.301. The van der Waals surface area contributed by atoms with Crippen molar-refractivity contribution in [2.75, 3.05) is 25.0 Å². The SMILES string of the molecule is CN(Cc1ccccc1N1CCCCC1)Cc1ccccc1[N+](=O)[O-]. The van der Waals surface area contributed by atoms with Gasteiger partial charge in [0.25, 0.3) is 5.69 Å². The van der Waals surface area contributed by atoms with Crippen molar-refractivity contribution in [3.8, 4) is 0 Å². The molecule has 1 fully saturated rings. The van der Waals surface area contributed by atoms with E-state index in [9.17, 15) is 10.1 Å². The van der Waals surface area contributed by atoms with E-state index >= 15 is 0 Å². The first-order valence-corrected chi connectivity index (χ1v) is 8.89. The number of hydrogen-bond donors (Lipinski definition) is 0. The van der Waals surface area contributed by atoms with Crippen LogP contribution in [0.2, 0.25) is 0 Å². The van der Waals surface area contributed by atoms with Crippen LogP contribution in [0.1, 0.15) is 30.4 Å². The van der Waals surface area contributed by atoms with Gasteiger partial charge in [-0.3, -0.25) is 15.0 Å². The molecule has 0 unspecified atom stereocenters. The summed E-state index contributed by atoms with van der Waals surface area (Å²) in [6, 6.07) is 15.5. The van der Waals surface area contributed by atoms with E-state index in [0.29, 0.717) is 6.54 Å². The first kappa shape index (κ1) is 17.4. The van der Waals surface area contributed by atoms with Crippen molar-refractivity contribution < 1.29 is 4.92 Å². The molecule has 0 aliphatic carbocycles. The fourth-order valence-electron chi connectivity index (χ4n) is 3.55. The fraction of sp³-hybridized carbons (Fsp3) is 0.400. The van der Waals surface area contributed by atoms with Crippen LogP contribution in [0.4, 0.5) is 11.4 Å². The lowest BCUT2D eigenvalue weighted by atomic mass is 10.1. The van der Waals surface area contributed by atoms with Gasteiger partial charge in [-0.25, -0.2) is 0 Å². The van der Waals surface area contributed by atoms with Crippen molar-refractivity contribution in [3.63, 3.8) is 0 Å². The van der Waals surface area contributed by atoms with Crippen LogP contribution in [0.25, 0.3) is 0 Å². The lowest BCUT2D eigenvalue weighted by Crippen LogP contribution is -2.31. The minimum Gasteiger partial charge on any atom is -0.371 e. The van der Waals surface area contributed by atoms with E-state index in [-0.39, 0.29) is 10.6 Å². The molecule has 1 saturated heterocycles. The van der Waals surface area contributed by atoms with Gasteiger partial charge in [0.05, 0.1) is 4.92 Å². The summed E-state index contributed by atoms with van der Waals surface area (Å²) in [6.45, 7) is 3.57. The molecule has 5 nitrogen and oxygen atoms in total. The predicted molar refractivity (Wildman–Crippen MR) is 101 cm³/mol. The van der Waals surface area contributed by atoms with Crippen LogP contribution in [0.5, 0.6) is 0 Å². The molecule has 3 rings (SSSR count). The van der Waals surface area contributed by atoms with Crippen molar-refractivity contribution in [2.45, 2.75) is 32.4 Å². The molecule has 2 aromatic carbocycles. The third-order valence-electron chi connectivity index (χ3n) is 4.76. The third kappa shape index (κ3) is 4.37. The summed E-state index contributed by atoms with van der Waals surface area (Å²) >= 11 is 0. The molecule has 1 aliphatic rings. The topological polar surface area (TPSA) is 49.6 Å². The molecule has 1 heterocycles. The molecule has 0 radical (unpaired) electrons. The van der Waals surface area contributed by atoms with Crippen molar-refractivity contribution >= 4 is 11.4 Å². The number of para-hydroxylation sites is 2.